The van der Waals surface area contributed by atoms with E-state index in [1.165, 1.54) is 6.08 Å². The van der Waals surface area contributed by atoms with Gasteiger partial charge in [0.2, 0.25) is 0 Å². The lowest BCUT2D eigenvalue weighted by Gasteiger charge is -2.02. The van der Waals surface area contributed by atoms with E-state index in [4.69, 9.17) is 4.74 Å². The molecule has 0 aromatic carbocycles. The lowest BCUT2D eigenvalue weighted by molar-refractivity contribution is -0.141. The molecule has 9 heavy (non-hydrogen) atoms. The van der Waals surface area contributed by atoms with Crippen LogP contribution in [0.1, 0.15) is 13.8 Å². The largest absolute Gasteiger partial charge is 0.460 e. The minimum absolute atomic E-state index is 0.0231. The molecule has 0 aliphatic heterocycles. The van der Waals surface area contributed by atoms with Crippen LogP contribution in [-0.4, -0.2) is 12.1 Å². The maximum atomic E-state index is 10.5. The number of hydrogen-bond donors (Lipinski definition) is 0. The van der Waals surface area contributed by atoms with Crippen molar-refractivity contribution >= 4 is 28.6 Å². The highest BCUT2D eigenvalue weighted by atomic mass is 127. The van der Waals surface area contributed by atoms with Crippen molar-refractivity contribution in [3.05, 3.63) is 10.2 Å². The van der Waals surface area contributed by atoms with Crippen molar-refractivity contribution in [2.75, 3.05) is 0 Å². The Hall–Kier alpha value is -0.0600. The zero-order valence-electron chi connectivity index (χ0n) is 5.43. The first-order chi connectivity index (χ1) is 4.16. The van der Waals surface area contributed by atoms with E-state index in [9.17, 15) is 4.79 Å². The predicted octanol–water partition coefficient (Wildman–Crippen LogP) is 1.89. The SMILES string of the molecule is CC(C)OC(=O)/C=C\I. The molecule has 0 amide bonds. The Kier molecular flexibility index (Phi) is 4.75. The summed E-state index contributed by atoms with van der Waals surface area (Å²) >= 11 is 1.97. The molecule has 0 aromatic rings. The van der Waals surface area contributed by atoms with Crippen molar-refractivity contribution in [3.8, 4) is 0 Å². The van der Waals surface area contributed by atoms with Gasteiger partial charge in [-0.05, 0) is 17.9 Å². The molecule has 0 aliphatic rings. The lowest BCUT2D eigenvalue weighted by atomic mass is 10.5. The average molecular weight is 240 g/mol. The summed E-state index contributed by atoms with van der Waals surface area (Å²) < 4.78 is 6.39. The number of rotatable bonds is 2. The summed E-state index contributed by atoms with van der Waals surface area (Å²) in [5.41, 5.74) is 0. The van der Waals surface area contributed by atoms with Gasteiger partial charge in [-0.3, -0.25) is 0 Å². The van der Waals surface area contributed by atoms with Gasteiger partial charge in [0.1, 0.15) is 0 Å². The summed E-state index contributed by atoms with van der Waals surface area (Å²) in [7, 11) is 0. The molecule has 0 aliphatic carbocycles. The van der Waals surface area contributed by atoms with Gasteiger partial charge >= 0.3 is 5.97 Å². The van der Waals surface area contributed by atoms with Gasteiger partial charge in [-0.25, -0.2) is 4.79 Å². The van der Waals surface area contributed by atoms with Gasteiger partial charge in [-0.2, -0.15) is 0 Å². The van der Waals surface area contributed by atoms with Gasteiger partial charge in [0.05, 0.1) is 6.10 Å². The molecule has 0 rings (SSSR count). The molecule has 0 atom stereocenters. The molecule has 0 bridgehead atoms. The van der Waals surface area contributed by atoms with Gasteiger partial charge in [0.15, 0.2) is 0 Å². The zero-order valence-corrected chi connectivity index (χ0v) is 7.58. The van der Waals surface area contributed by atoms with E-state index in [2.05, 4.69) is 0 Å². The van der Waals surface area contributed by atoms with Gasteiger partial charge in [0, 0.05) is 6.08 Å². The number of carbonyl (C=O) groups is 1. The summed E-state index contributed by atoms with van der Waals surface area (Å²) in [5.74, 6) is -0.278. The Morgan fingerprint density at radius 2 is 2.22 bits per heavy atom. The number of halogens is 1. The minimum atomic E-state index is -0.278. The van der Waals surface area contributed by atoms with Crippen LogP contribution >= 0.6 is 22.6 Å². The average Bonchev–Trinajstić information content (AvgIpc) is 1.63. The van der Waals surface area contributed by atoms with Crippen LogP contribution in [0.5, 0.6) is 0 Å². The van der Waals surface area contributed by atoms with E-state index in [-0.39, 0.29) is 12.1 Å². The van der Waals surface area contributed by atoms with Crippen LogP contribution in [-0.2, 0) is 9.53 Å². The molecule has 0 aromatic heterocycles. The van der Waals surface area contributed by atoms with Crippen LogP contribution in [0, 0.1) is 0 Å². The summed E-state index contributed by atoms with van der Waals surface area (Å²) in [6.07, 6.45) is 1.37. The molecule has 0 heterocycles. The second-order valence-electron chi connectivity index (χ2n) is 1.78. The summed E-state index contributed by atoms with van der Waals surface area (Å²) in [6, 6.07) is 0. The molecule has 3 heteroatoms. The Bertz CT molecular complexity index is 118. The maximum absolute atomic E-state index is 10.5. The number of ether oxygens (including phenoxy) is 1. The molecule has 52 valence electrons. The second-order valence-corrected chi connectivity index (χ2v) is 2.50. The van der Waals surface area contributed by atoms with Crippen molar-refractivity contribution in [2.45, 2.75) is 20.0 Å². The zero-order chi connectivity index (χ0) is 7.28. The standard InChI is InChI=1S/C6H9IO2/c1-5(2)9-6(8)3-4-7/h3-5H,1-2H3/b4-3-. The molecule has 0 fully saturated rings. The van der Waals surface area contributed by atoms with Crippen LogP contribution in [0.4, 0.5) is 0 Å². The van der Waals surface area contributed by atoms with E-state index in [1.54, 1.807) is 4.08 Å². The monoisotopic (exact) mass is 240 g/mol. The smallest absolute Gasteiger partial charge is 0.331 e. The fourth-order valence-electron chi connectivity index (χ4n) is 0.323. The van der Waals surface area contributed by atoms with Gasteiger partial charge < -0.3 is 4.74 Å². The molecule has 0 spiro atoms. The number of hydrogen-bond acceptors (Lipinski definition) is 2. The fourth-order valence-corrected chi connectivity index (χ4v) is 0.617. The van der Waals surface area contributed by atoms with Gasteiger partial charge in [-0.1, -0.05) is 22.6 Å². The topological polar surface area (TPSA) is 26.3 Å². The summed E-state index contributed by atoms with van der Waals surface area (Å²) in [6.45, 7) is 3.64. The van der Waals surface area contributed by atoms with Gasteiger partial charge in [-0.15, -0.1) is 0 Å². The van der Waals surface area contributed by atoms with E-state index >= 15 is 0 Å². The third-order valence-corrected chi connectivity index (χ3v) is 0.911. The second kappa shape index (κ2) is 4.78. The normalized spacial score (nSPS) is 10.7. The maximum Gasteiger partial charge on any atom is 0.331 e. The minimum Gasteiger partial charge on any atom is -0.460 e. The molecule has 0 radical (unpaired) electrons. The van der Waals surface area contributed by atoms with Crippen molar-refractivity contribution in [1.29, 1.82) is 0 Å². The Labute approximate surface area is 68.4 Å². The highest BCUT2D eigenvalue weighted by molar-refractivity contribution is 14.1. The van der Waals surface area contributed by atoms with Crippen LogP contribution in [0.25, 0.3) is 0 Å². The molecular weight excluding hydrogens is 231 g/mol. The Morgan fingerprint density at radius 3 is 2.56 bits per heavy atom. The van der Waals surface area contributed by atoms with Crippen LogP contribution < -0.4 is 0 Å². The molecule has 0 saturated carbocycles. The van der Waals surface area contributed by atoms with Crippen LogP contribution in [0.3, 0.4) is 0 Å². The van der Waals surface area contributed by atoms with E-state index in [0.29, 0.717) is 0 Å². The summed E-state index contributed by atoms with van der Waals surface area (Å²) in [5, 5.41) is 0. The van der Waals surface area contributed by atoms with Crippen molar-refractivity contribution in [1.82, 2.24) is 0 Å². The third-order valence-electron chi connectivity index (χ3n) is 0.551. The van der Waals surface area contributed by atoms with Crippen LogP contribution in [0.15, 0.2) is 10.2 Å². The summed E-state index contributed by atoms with van der Waals surface area (Å²) in [4.78, 5) is 10.5. The highest BCUT2D eigenvalue weighted by Crippen LogP contribution is 1.91. The highest BCUT2D eigenvalue weighted by Gasteiger charge is 1.97. The predicted molar refractivity (Wildman–Crippen MR) is 44.4 cm³/mol. The van der Waals surface area contributed by atoms with E-state index in [1.807, 2.05) is 36.4 Å². The van der Waals surface area contributed by atoms with Crippen molar-refractivity contribution in [3.63, 3.8) is 0 Å². The molecular formula is C6H9IO2. The fraction of sp³-hybridized carbons (Fsp3) is 0.500. The molecule has 0 saturated heterocycles. The first-order valence-corrected chi connectivity index (χ1v) is 3.88. The molecule has 0 unspecified atom stereocenters. The third kappa shape index (κ3) is 5.82. The van der Waals surface area contributed by atoms with E-state index in [0.717, 1.165) is 0 Å². The van der Waals surface area contributed by atoms with Crippen molar-refractivity contribution < 1.29 is 9.53 Å². The first kappa shape index (κ1) is 8.94. The van der Waals surface area contributed by atoms with Gasteiger partial charge in [0.25, 0.3) is 0 Å². The van der Waals surface area contributed by atoms with Crippen LogP contribution in [0.2, 0.25) is 0 Å². The quantitative estimate of drug-likeness (QED) is 0.418. The molecule has 2 nitrogen and oxygen atoms in total. The molecule has 0 N–H and O–H groups in total. The first-order valence-electron chi connectivity index (χ1n) is 2.64. The Morgan fingerprint density at radius 1 is 1.67 bits per heavy atom. The Balaban J connectivity index is 3.51. The van der Waals surface area contributed by atoms with E-state index < -0.39 is 0 Å². The lowest BCUT2D eigenvalue weighted by Crippen LogP contribution is -2.07. The number of carbonyl (C=O) groups excluding carboxylic acids is 1. The van der Waals surface area contributed by atoms with Crippen molar-refractivity contribution in [2.24, 2.45) is 0 Å². The number of esters is 1.